The van der Waals surface area contributed by atoms with Crippen molar-refractivity contribution in [1.29, 1.82) is 0 Å². The smallest absolute Gasteiger partial charge is 0.303 e. The molecule has 102 valence electrons. The molecule has 0 aliphatic carbocycles. The topological polar surface area (TPSA) is 78.9 Å². The van der Waals surface area contributed by atoms with Crippen LogP contribution in [0.4, 0.5) is 0 Å². The zero-order valence-electron chi connectivity index (χ0n) is 10.4. The van der Waals surface area contributed by atoms with Crippen LogP contribution < -0.4 is 5.32 Å². The minimum Gasteiger partial charge on any atom is -0.481 e. The van der Waals surface area contributed by atoms with Crippen molar-refractivity contribution >= 4 is 11.9 Å². The van der Waals surface area contributed by atoms with Crippen LogP contribution in [-0.2, 0) is 14.3 Å². The van der Waals surface area contributed by atoms with Gasteiger partial charge in [-0.15, -0.1) is 0 Å². The third kappa shape index (κ3) is 3.96. The van der Waals surface area contributed by atoms with Crippen LogP contribution in [0.15, 0.2) is 0 Å². The Labute approximate surface area is 106 Å². The lowest BCUT2D eigenvalue weighted by atomic mass is 9.96. The second-order valence-corrected chi connectivity index (χ2v) is 5.11. The molecule has 2 heterocycles. The number of carboxylic acids is 1. The number of amides is 1. The van der Waals surface area contributed by atoms with E-state index in [1.807, 2.05) is 4.90 Å². The number of likely N-dealkylation sites (tertiary alicyclic amines) is 1. The highest BCUT2D eigenvalue weighted by Crippen LogP contribution is 2.18. The zero-order chi connectivity index (χ0) is 13.0. The highest BCUT2D eigenvalue weighted by atomic mass is 16.5. The highest BCUT2D eigenvalue weighted by molar-refractivity contribution is 5.78. The van der Waals surface area contributed by atoms with Crippen LogP contribution in [0.5, 0.6) is 0 Å². The summed E-state index contributed by atoms with van der Waals surface area (Å²) in [6.07, 6.45) is 1.97. The van der Waals surface area contributed by atoms with Gasteiger partial charge < -0.3 is 15.2 Å². The molecule has 0 saturated carbocycles. The molecule has 0 radical (unpaired) electrons. The molecule has 2 aliphatic heterocycles. The molecule has 0 spiro atoms. The fraction of sp³-hybridized carbons (Fsp3) is 0.833. The highest BCUT2D eigenvalue weighted by Gasteiger charge is 2.30. The maximum Gasteiger partial charge on any atom is 0.303 e. The van der Waals surface area contributed by atoms with Gasteiger partial charge in [-0.3, -0.25) is 14.5 Å². The molecule has 0 atom stereocenters. The van der Waals surface area contributed by atoms with E-state index in [1.54, 1.807) is 0 Å². The number of hydrogen-bond acceptors (Lipinski definition) is 4. The first-order valence-corrected chi connectivity index (χ1v) is 6.44. The second-order valence-electron chi connectivity index (χ2n) is 5.11. The van der Waals surface area contributed by atoms with Gasteiger partial charge in [-0.25, -0.2) is 0 Å². The van der Waals surface area contributed by atoms with Crippen molar-refractivity contribution in [3.05, 3.63) is 0 Å². The van der Waals surface area contributed by atoms with E-state index >= 15 is 0 Å². The Morgan fingerprint density at radius 3 is 2.56 bits per heavy atom. The summed E-state index contributed by atoms with van der Waals surface area (Å²) in [5, 5.41) is 11.6. The molecule has 1 amide bonds. The van der Waals surface area contributed by atoms with Gasteiger partial charge in [-0.2, -0.15) is 0 Å². The fourth-order valence-corrected chi connectivity index (χ4v) is 2.50. The van der Waals surface area contributed by atoms with Crippen LogP contribution in [0.2, 0.25) is 0 Å². The van der Waals surface area contributed by atoms with Gasteiger partial charge in [0.1, 0.15) is 0 Å². The Morgan fingerprint density at radius 1 is 1.28 bits per heavy atom. The molecule has 18 heavy (non-hydrogen) atoms. The van der Waals surface area contributed by atoms with E-state index in [2.05, 4.69) is 5.32 Å². The lowest BCUT2D eigenvalue weighted by molar-refractivity contribution is -0.139. The molecule has 2 fully saturated rings. The number of aliphatic carboxylic acids is 1. The Kier molecular flexibility index (Phi) is 4.54. The van der Waals surface area contributed by atoms with Gasteiger partial charge in [0.2, 0.25) is 5.91 Å². The standard InChI is InChI=1S/C12H20N2O4/c15-11(13-10-1-3-18-4-2-10)8-14-6-9(7-14)5-12(16)17/h9-10H,1-8H2,(H,13,15)(H,16,17). The number of hydrogen-bond donors (Lipinski definition) is 2. The molecular formula is C12H20N2O4. The third-order valence-corrected chi connectivity index (χ3v) is 3.45. The second kappa shape index (κ2) is 6.15. The maximum atomic E-state index is 11.7. The average Bonchev–Trinajstić information content (AvgIpc) is 2.27. The van der Waals surface area contributed by atoms with E-state index in [-0.39, 0.29) is 24.3 Å². The zero-order valence-corrected chi connectivity index (χ0v) is 10.4. The fourth-order valence-electron chi connectivity index (χ4n) is 2.50. The summed E-state index contributed by atoms with van der Waals surface area (Å²) in [6, 6.07) is 0.238. The number of carbonyl (C=O) groups excluding carboxylic acids is 1. The van der Waals surface area contributed by atoms with Crippen molar-refractivity contribution in [3.8, 4) is 0 Å². The summed E-state index contributed by atoms with van der Waals surface area (Å²) in [6.45, 7) is 3.25. The van der Waals surface area contributed by atoms with Crippen molar-refractivity contribution in [1.82, 2.24) is 10.2 Å². The summed E-state index contributed by atoms with van der Waals surface area (Å²) in [4.78, 5) is 24.2. The SMILES string of the molecule is O=C(O)CC1CN(CC(=O)NC2CCOCC2)C1. The molecule has 2 saturated heterocycles. The quantitative estimate of drug-likeness (QED) is 0.705. The normalized spacial score (nSPS) is 22.4. The minimum atomic E-state index is -0.758. The summed E-state index contributed by atoms with van der Waals surface area (Å²) in [5.74, 6) is -0.514. The predicted octanol–water partition coefficient (Wildman–Crippen LogP) is -0.312. The lowest BCUT2D eigenvalue weighted by Gasteiger charge is -2.38. The molecule has 2 aliphatic rings. The largest absolute Gasteiger partial charge is 0.481 e. The number of carboxylic acid groups (broad SMARTS) is 1. The Morgan fingerprint density at radius 2 is 1.94 bits per heavy atom. The summed E-state index contributed by atoms with van der Waals surface area (Å²) >= 11 is 0. The number of carbonyl (C=O) groups is 2. The van der Waals surface area contributed by atoms with Crippen LogP contribution in [0, 0.1) is 5.92 Å². The molecule has 0 unspecified atom stereocenters. The maximum absolute atomic E-state index is 11.7. The monoisotopic (exact) mass is 256 g/mol. The number of nitrogens with zero attached hydrogens (tertiary/aromatic N) is 1. The minimum absolute atomic E-state index is 0.0377. The predicted molar refractivity (Wildman–Crippen MR) is 64.2 cm³/mol. The van der Waals surface area contributed by atoms with Gasteiger partial charge in [0.05, 0.1) is 13.0 Å². The molecular weight excluding hydrogens is 236 g/mol. The van der Waals surface area contributed by atoms with E-state index in [4.69, 9.17) is 9.84 Å². The first kappa shape index (κ1) is 13.3. The van der Waals surface area contributed by atoms with E-state index in [0.29, 0.717) is 19.6 Å². The van der Waals surface area contributed by atoms with E-state index in [1.165, 1.54) is 0 Å². The molecule has 0 aromatic carbocycles. The molecule has 0 aromatic heterocycles. The Bertz CT molecular complexity index is 309. The van der Waals surface area contributed by atoms with Crippen LogP contribution in [0.1, 0.15) is 19.3 Å². The number of nitrogens with one attached hydrogen (secondary N) is 1. The molecule has 0 bridgehead atoms. The molecule has 2 rings (SSSR count). The van der Waals surface area contributed by atoms with Gasteiger partial charge >= 0.3 is 5.97 Å². The summed E-state index contributed by atoms with van der Waals surface area (Å²) in [5.41, 5.74) is 0. The summed E-state index contributed by atoms with van der Waals surface area (Å²) in [7, 11) is 0. The van der Waals surface area contributed by atoms with Crippen molar-refractivity contribution in [2.75, 3.05) is 32.8 Å². The van der Waals surface area contributed by atoms with Crippen LogP contribution >= 0.6 is 0 Å². The van der Waals surface area contributed by atoms with E-state index in [9.17, 15) is 9.59 Å². The molecule has 6 nitrogen and oxygen atoms in total. The van der Waals surface area contributed by atoms with Gasteiger partial charge in [0.15, 0.2) is 0 Å². The first-order valence-electron chi connectivity index (χ1n) is 6.44. The van der Waals surface area contributed by atoms with Crippen molar-refractivity contribution in [3.63, 3.8) is 0 Å². The van der Waals surface area contributed by atoms with Crippen molar-refractivity contribution in [2.24, 2.45) is 5.92 Å². The molecule has 6 heteroatoms. The third-order valence-electron chi connectivity index (χ3n) is 3.45. The van der Waals surface area contributed by atoms with E-state index < -0.39 is 5.97 Å². The Hall–Kier alpha value is -1.14. The van der Waals surface area contributed by atoms with Gasteiger partial charge in [-0.1, -0.05) is 0 Å². The summed E-state index contributed by atoms with van der Waals surface area (Å²) < 4.78 is 5.23. The van der Waals surface area contributed by atoms with Crippen molar-refractivity contribution in [2.45, 2.75) is 25.3 Å². The van der Waals surface area contributed by atoms with Crippen LogP contribution in [0.25, 0.3) is 0 Å². The van der Waals surface area contributed by atoms with Gasteiger partial charge in [0, 0.05) is 32.3 Å². The van der Waals surface area contributed by atoms with Gasteiger partial charge in [-0.05, 0) is 18.8 Å². The van der Waals surface area contributed by atoms with Gasteiger partial charge in [0.25, 0.3) is 0 Å². The first-order chi connectivity index (χ1) is 8.63. The lowest BCUT2D eigenvalue weighted by Crippen LogP contribution is -2.52. The van der Waals surface area contributed by atoms with Crippen LogP contribution in [-0.4, -0.2) is 60.8 Å². The number of rotatable bonds is 5. The van der Waals surface area contributed by atoms with E-state index in [0.717, 1.165) is 26.1 Å². The molecule has 0 aromatic rings. The van der Waals surface area contributed by atoms with Crippen molar-refractivity contribution < 1.29 is 19.4 Å². The Balaban J connectivity index is 1.59. The molecule has 2 N–H and O–H groups in total. The average molecular weight is 256 g/mol. The number of ether oxygens (including phenoxy) is 1. The van der Waals surface area contributed by atoms with Crippen LogP contribution in [0.3, 0.4) is 0 Å².